The predicted molar refractivity (Wildman–Crippen MR) is 99.3 cm³/mol. The summed E-state index contributed by atoms with van der Waals surface area (Å²) in [6, 6.07) is 9.41. The highest BCUT2D eigenvalue weighted by atomic mass is 16.5. The average molecular weight is 363 g/mol. The van der Waals surface area contributed by atoms with E-state index in [1.807, 2.05) is 35.2 Å². The summed E-state index contributed by atoms with van der Waals surface area (Å²) >= 11 is 0. The Kier molecular flexibility index (Phi) is 3.67. The van der Waals surface area contributed by atoms with E-state index in [0.29, 0.717) is 24.4 Å². The van der Waals surface area contributed by atoms with Gasteiger partial charge in [-0.05, 0) is 36.6 Å². The first-order valence-corrected chi connectivity index (χ1v) is 9.39. The Balaban J connectivity index is 1.48. The van der Waals surface area contributed by atoms with Gasteiger partial charge in [-0.25, -0.2) is 0 Å². The van der Waals surface area contributed by atoms with Gasteiger partial charge in [0.25, 0.3) is 5.91 Å². The largest absolute Gasteiger partial charge is 0.485 e. The van der Waals surface area contributed by atoms with Crippen molar-refractivity contribution in [1.82, 2.24) is 14.8 Å². The summed E-state index contributed by atoms with van der Waals surface area (Å²) in [5, 5.41) is 0. The Labute approximate surface area is 157 Å². The van der Waals surface area contributed by atoms with Crippen LogP contribution in [0.2, 0.25) is 0 Å². The van der Waals surface area contributed by atoms with E-state index >= 15 is 0 Å². The number of hydrogen-bond acceptors (Lipinski definition) is 4. The average Bonchev–Trinajstić information content (AvgIpc) is 3.48. The van der Waals surface area contributed by atoms with Gasteiger partial charge in [-0.2, -0.15) is 0 Å². The van der Waals surface area contributed by atoms with Gasteiger partial charge >= 0.3 is 0 Å². The Morgan fingerprint density at radius 2 is 2.04 bits per heavy atom. The van der Waals surface area contributed by atoms with E-state index in [-0.39, 0.29) is 29.9 Å². The molecule has 27 heavy (non-hydrogen) atoms. The normalized spacial score (nSPS) is 24.1. The number of likely N-dealkylation sites (N-methyl/N-ethyl adjacent to an activating group) is 1. The molecule has 0 bridgehead atoms. The monoisotopic (exact) mass is 363 g/mol. The van der Waals surface area contributed by atoms with Crippen LogP contribution in [0.15, 0.2) is 42.7 Å². The van der Waals surface area contributed by atoms with Crippen LogP contribution in [-0.2, 0) is 4.79 Å². The first-order valence-electron chi connectivity index (χ1n) is 9.39. The third kappa shape index (κ3) is 2.76. The molecule has 1 aromatic carbocycles. The summed E-state index contributed by atoms with van der Waals surface area (Å²) in [6.07, 6.45) is 5.29. The van der Waals surface area contributed by atoms with Crippen LogP contribution in [0, 0.1) is 5.92 Å². The number of fused-ring (bicyclic) bond motifs is 2. The summed E-state index contributed by atoms with van der Waals surface area (Å²) < 4.78 is 6.29. The minimum absolute atomic E-state index is 0.0593. The zero-order chi connectivity index (χ0) is 18.5. The number of nitrogens with zero attached hydrogens (tertiary/aromatic N) is 3. The van der Waals surface area contributed by atoms with Crippen molar-refractivity contribution < 1.29 is 14.3 Å². The van der Waals surface area contributed by atoms with Gasteiger partial charge in [-0.15, -0.1) is 0 Å². The molecule has 2 fully saturated rings. The fourth-order valence-corrected chi connectivity index (χ4v) is 4.03. The molecular weight excluding hydrogens is 342 g/mol. The fraction of sp³-hybridized carbons (Fsp3) is 0.381. The number of ether oxygens (including phenoxy) is 1. The van der Waals surface area contributed by atoms with Crippen molar-refractivity contribution in [2.24, 2.45) is 5.92 Å². The molecule has 0 N–H and O–H groups in total. The number of rotatable bonds is 2. The standard InChI is InChI=1S/C21H21N3O3/c1-23-17-11-24(20(25)13-4-5-13)12-19(17)27-18-9-14(6-7-16(18)21(23)26)15-3-2-8-22-10-15/h2-3,6-10,13,17,19H,4-5,11-12H2,1H3. The summed E-state index contributed by atoms with van der Waals surface area (Å²) in [6.45, 7) is 1.08. The van der Waals surface area contributed by atoms with E-state index in [1.54, 1.807) is 24.3 Å². The zero-order valence-corrected chi connectivity index (χ0v) is 15.2. The molecule has 5 rings (SSSR count). The SMILES string of the molecule is CN1C(=O)c2ccc(-c3cccnc3)cc2OC2CN(C(=O)C3CC3)CC21. The molecule has 6 nitrogen and oxygen atoms in total. The number of pyridine rings is 1. The molecule has 3 aliphatic rings. The second-order valence-electron chi connectivity index (χ2n) is 7.61. The Bertz CT molecular complexity index is 910. The predicted octanol–water partition coefficient (Wildman–Crippen LogP) is 2.20. The van der Waals surface area contributed by atoms with E-state index < -0.39 is 0 Å². The first kappa shape index (κ1) is 16.3. The number of likely N-dealkylation sites (tertiary alicyclic amines) is 1. The third-order valence-electron chi connectivity index (χ3n) is 5.78. The van der Waals surface area contributed by atoms with Crippen molar-refractivity contribution in [3.05, 3.63) is 48.3 Å². The molecule has 2 atom stereocenters. The minimum atomic E-state index is -0.202. The molecule has 2 unspecified atom stereocenters. The summed E-state index contributed by atoms with van der Waals surface area (Å²) in [5.41, 5.74) is 2.50. The highest BCUT2D eigenvalue weighted by molar-refractivity contribution is 5.98. The van der Waals surface area contributed by atoms with Crippen LogP contribution in [0.3, 0.4) is 0 Å². The Morgan fingerprint density at radius 1 is 1.19 bits per heavy atom. The van der Waals surface area contributed by atoms with Crippen molar-refractivity contribution in [3.63, 3.8) is 0 Å². The molecule has 1 aliphatic carbocycles. The number of hydrogen-bond donors (Lipinski definition) is 0. The van der Waals surface area contributed by atoms with Gasteiger partial charge < -0.3 is 14.5 Å². The molecule has 138 valence electrons. The summed E-state index contributed by atoms with van der Waals surface area (Å²) in [5.74, 6) is 0.909. The van der Waals surface area contributed by atoms with Gasteiger partial charge in [0.2, 0.25) is 5.91 Å². The molecule has 2 aromatic rings. The van der Waals surface area contributed by atoms with Gasteiger partial charge in [0, 0.05) is 37.5 Å². The fourth-order valence-electron chi connectivity index (χ4n) is 4.03. The van der Waals surface area contributed by atoms with E-state index in [9.17, 15) is 9.59 Å². The molecule has 1 saturated heterocycles. The molecule has 2 aliphatic heterocycles. The molecule has 6 heteroatoms. The highest BCUT2D eigenvalue weighted by Crippen LogP contribution is 2.36. The van der Waals surface area contributed by atoms with Crippen molar-refractivity contribution >= 4 is 11.8 Å². The molecule has 1 saturated carbocycles. The van der Waals surface area contributed by atoms with Crippen LogP contribution in [0.1, 0.15) is 23.2 Å². The Morgan fingerprint density at radius 3 is 2.78 bits per heavy atom. The maximum absolute atomic E-state index is 13.0. The number of aromatic nitrogens is 1. The smallest absolute Gasteiger partial charge is 0.257 e. The van der Waals surface area contributed by atoms with Crippen LogP contribution in [0.4, 0.5) is 0 Å². The Hall–Kier alpha value is -2.89. The van der Waals surface area contributed by atoms with Crippen molar-refractivity contribution in [2.75, 3.05) is 20.1 Å². The maximum atomic E-state index is 13.0. The topological polar surface area (TPSA) is 62.7 Å². The number of carbonyl (C=O) groups is 2. The van der Waals surface area contributed by atoms with Gasteiger partial charge in [0.1, 0.15) is 11.9 Å². The molecule has 2 amide bonds. The molecule has 0 spiro atoms. The van der Waals surface area contributed by atoms with E-state index in [1.165, 1.54) is 0 Å². The van der Waals surface area contributed by atoms with Gasteiger partial charge in [0.05, 0.1) is 18.2 Å². The molecule has 1 aromatic heterocycles. The second kappa shape index (κ2) is 6.08. The van der Waals surface area contributed by atoms with Crippen LogP contribution in [-0.4, -0.2) is 58.9 Å². The van der Waals surface area contributed by atoms with Gasteiger partial charge in [-0.1, -0.05) is 12.1 Å². The van der Waals surface area contributed by atoms with E-state index in [4.69, 9.17) is 4.74 Å². The van der Waals surface area contributed by atoms with Gasteiger partial charge in [-0.3, -0.25) is 14.6 Å². The lowest BCUT2D eigenvalue weighted by molar-refractivity contribution is -0.131. The number of amides is 2. The number of benzene rings is 1. The first-order chi connectivity index (χ1) is 13.1. The number of carbonyl (C=O) groups excluding carboxylic acids is 2. The third-order valence-corrected chi connectivity index (χ3v) is 5.78. The zero-order valence-electron chi connectivity index (χ0n) is 15.2. The minimum Gasteiger partial charge on any atom is -0.485 e. The lowest BCUT2D eigenvalue weighted by Crippen LogP contribution is -2.44. The van der Waals surface area contributed by atoms with Crippen molar-refractivity contribution in [3.8, 4) is 16.9 Å². The van der Waals surface area contributed by atoms with Crippen molar-refractivity contribution in [1.29, 1.82) is 0 Å². The van der Waals surface area contributed by atoms with E-state index in [2.05, 4.69) is 4.98 Å². The maximum Gasteiger partial charge on any atom is 0.257 e. The quantitative estimate of drug-likeness (QED) is 0.821. The van der Waals surface area contributed by atoms with Crippen LogP contribution < -0.4 is 4.74 Å². The molecule has 3 heterocycles. The highest BCUT2D eigenvalue weighted by Gasteiger charge is 2.46. The van der Waals surface area contributed by atoms with Crippen LogP contribution in [0.5, 0.6) is 5.75 Å². The van der Waals surface area contributed by atoms with Crippen LogP contribution in [0.25, 0.3) is 11.1 Å². The molecular formula is C21H21N3O3. The van der Waals surface area contributed by atoms with E-state index in [0.717, 1.165) is 24.0 Å². The van der Waals surface area contributed by atoms with Gasteiger partial charge in [0.15, 0.2) is 0 Å². The second-order valence-corrected chi connectivity index (χ2v) is 7.61. The molecule has 0 radical (unpaired) electrons. The lowest BCUT2D eigenvalue weighted by atomic mass is 10.0. The summed E-state index contributed by atoms with van der Waals surface area (Å²) in [4.78, 5) is 33.2. The lowest BCUT2D eigenvalue weighted by Gasteiger charge is -2.25. The van der Waals surface area contributed by atoms with Crippen molar-refractivity contribution in [2.45, 2.75) is 25.0 Å². The summed E-state index contributed by atoms with van der Waals surface area (Å²) in [7, 11) is 1.80. The van der Waals surface area contributed by atoms with Crippen LogP contribution >= 0.6 is 0 Å².